The maximum atomic E-state index is 12.7. The molecule has 2 N–H and O–H groups in total. The molecule has 0 bridgehead atoms. The first-order chi connectivity index (χ1) is 12.6. The normalized spacial score (nSPS) is 19.5. The molecule has 2 fully saturated rings. The fourth-order valence-corrected chi connectivity index (χ4v) is 3.86. The largest absolute Gasteiger partial charge is 0.481 e. The first-order valence-electron chi connectivity index (χ1n) is 9.67. The number of carboxylic acids is 1. The highest BCUT2D eigenvalue weighted by Gasteiger charge is 2.22. The molecule has 0 saturated carbocycles. The van der Waals surface area contributed by atoms with Gasteiger partial charge >= 0.3 is 5.97 Å². The molecule has 6 nitrogen and oxygen atoms in total. The average molecular weight is 359 g/mol. The van der Waals surface area contributed by atoms with Crippen LogP contribution in [-0.2, 0) is 4.79 Å². The molecule has 6 heteroatoms. The Hall–Kier alpha value is -1.92. The van der Waals surface area contributed by atoms with Gasteiger partial charge in [0.25, 0.3) is 5.91 Å². The van der Waals surface area contributed by atoms with E-state index in [2.05, 4.69) is 22.3 Å². The van der Waals surface area contributed by atoms with E-state index in [1.54, 1.807) is 0 Å². The number of hydrogen-bond acceptors (Lipinski definition) is 4. The van der Waals surface area contributed by atoms with E-state index in [1.165, 1.54) is 5.56 Å². The Labute approximate surface area is 155 Å². The summed E-state index contributed by atoms with van der Waals surface area (Å²) >= 11 is 0. The maximum absolute atomic E-state index is 12.7. The van der Waals surface area contributed by atoms with E-state index in [0.29, 0.717) is 25.4 Å². The molecule has 1 amide bonds. The second kappa shape index (κ2) is 9.14. The van der Waals surface area contributed by atoms with Crippen LogP contribution in [0.25, 0.3) is 0 Å². The van der Waals surface area contributed by atoms with E-state index in [-0.39, 0.29) is 12.3 Å². The zero-order chi connectivity index (χ0) is 18.4. The molecular formula is C20H29N3O3. The van der Waals surface area contributed by atoms with Gasteiger partial charge in [0.1, 0.15) is 0 Å². The summed E-state index contributed by atoms with van der Waals surface area (Å²) in [5.74, 6) is -0.0338. The third kappa shape index (κ3) is 5.05. The Morgan fingerprint density at radius 3 is 2.31 bits per heavy atom. The van der Waals surface area contributed by atoms with Gasteiger partial charge in [-0.05, 0) is 62.5 Å². The predicted octanol–water partition coefficient (Wildman–Crippen LogP) is 1.78. The number of rotatable bonds is 6. The number of piperidine rings is 1. The molecule has 2 aliphatic heterocycles. The lowest BCUT2D eigenvalue weighted by Gasteiger charge is -2.34. The van der Waals surface area contributed by atoms with Gasteiger partial charge in [0.2, 0.25) is 0 Å². The van der Waals surface area contributed by atoms with Crippen molar-refractivity contribution in [3.8, 4) is 0 Å². The maximum Gasteiger partial charge on any atom is 0.303 e. The van der Waals surface area contributed by atoms with E-state index in [4.69, 9.17) is 5.11 Å². The Morgan fingerprint density at radius 2 is 1.69 bits per heavy atom. The quantitative estimate of drug-likeness (QED) is 0.810. The number of benzene rings is 1. The summed E-state index contributed by atoms with van der Waals surface area (Å²) in [7, 11) is 0. The number of hydrogen-bond donors (Lipinski definition) is 2. The number of aliphatic carboxylic acids is 1. The number of amides is 1. The summed E-state index contributed by atoms with van der Waals surface area (Å²) in [5, 5.41) is 12.1. The predicted molar refractivity (Wildman–Crippen MR) is 101 cm³/mol. The Balaban J connectivity index is 1.48. The van der Waals surface area contributed by atoms with Crippen LogP contribution < -0.4 is 5.32 Å². The van der Waals surface area contributed by atoms with Gasteiger partial charge in [0, 0.05) is 38.2 Å². The fourth-order valence-electron chi connectivity index (χ4n) is 3.86. The number of carbonyl (C=O) groups excluding carboxylic acids is 1. The van der Waals surface area contributed by atoms with Crippen molar-refractivity contribution in [2.45, 2.75) is 31.6 Å². The van der Waals surface area contributed by atoms with Crippen molar-refractivity contribution in [1.29, 1.82) is 0 Å². The molecule has 0 atom stereocenters. The van der Waals surface area contributed by atoms with Crippen molar-refractivity contribution in [2.75, 3.05) is 45.8 Å². The number of carboxylic acid groups (broad SMARTS) is 1. The van der Waals surface area contributed by atoms with Crippen molar-refractivity contribution in [2.24, 2.45) is 0 Å². The highest BCUT2D eigenvalue weighted by molar-refractivity contribution is 5.94. The van der Waals surface area contributed by atoms with Crippen molar-refractivity contribution >= 4 is 11.9 Å². The lowest BCUT2D eigenvalue weighted by molar-refractivity contribution is -0.137. The molecule has 2 heterocycles. The molecule has 0 spiro atoms. The Morgan fingerprint density at radius 1 is 1.04 bits per heavy atom. The number of carbonyl (C=O) groups is 2. The van der Waals surface area contributed by atoms with Crippen LogP contribution in [0, 0.1) is 0 Å². The topological polar surface area (TPSA) is 72.9 Å². The van der Waals surface area contributed by atoms with Gasteiger partial charge in [0.05, 0.1) is 0 Å². The lowest BCUT2D eigenvalue weighted by Crippen LogP contribution is -2.48. The number of piperazine rings is 1. The van der Waals surface area contributed by atoms with Gasteiger partial charge in [0.15, 0.2) is 0 Å². The van der Waals surface area contributed by atoms with Crippen LogP contribution in [0.5, 0.6) is 0 Å². The summed E-state index contributed by atoms with van der Waals surface area (Å²) in [6.45, 7) is 5.99. The van der Waals surface area contributed by atoms with Gasteiger partial charge in [-0.2, -0.15) is 0 Å². The summed E-state index contributed by atoms with van der Waals surface area (Å²) in [6.07, 6.45) is 3.21. The first kappa shape index (κ1) is 18.9. The van der Waals surface area contributed by atoms with E-state index in [0.717, 1.165) is 51.1 Å². The molecule has 2 saturated heterocycles. The van der Waals surface area contributed by atoms with Gasteiger partial charge < -0.3 is 15.3 Å². The van der Waals surface area contributed by atoms with Gasteiger partial charge in [-0.1, -0.05) is 12.1 Å². The van der Waals surface area contributed by atoms with Crippen molar-refractivity contribution in [3.05, 3.63) is 35.4 Å². The molecule has 2 aliphatic rings. The molecule has 3 rings (SSSR count). The van der Waals surface area contributed by atoms with Crippen molar-refractivity contribution in [3.63, 3.8) is 0 Å². The molecule has 142 valence electrons. The third-order valence-corrected chi connectivity index (χ3v) is 5.49. The van der Waals surface area contributed by atoms with Gasteiger partial charge in [-0.3, -0.25) is 14.5 Å². The SMILES string of the molecule is O=C(O)CCCN1CCN(C(=O)c2ccc(C3CCNCC3)cc2)CC1. The average Bonchev–Trinajstić information content (AvgIpc) is 2.68. The first-order valence-corrected chi connectivity index (χ1v) is 9.67. The second-order valence-corrected chi connectivity index (χ2v) is 7.28. The highest BCUT2D eigenvalue weighted by Crippen LogP contribution is 2.25. The van der Waals surface area contributed by atoms with Crippen LogP contribution in [0.1, 0.15) is 47.5 Å². The molecule has 0 aliphatic carbocycles. The highest BCUT2D eigenvalue weighted by atomic mass is 16.4. The van der Waals surface area contributed by atoms with Crippen LogP contribution in [0.15, 0.2) is 24.3 Å². The molecule has 0 radical (unpaired) electrons. The monoisotopic (exact) mass is 359 g/mol. The molecular weight excluding hydrogens is 330 g/mol. The molecule has 0 unspecified atom stereocenters. The van der Waals surface area contributed by atoms with E-state index in [9.17, 15) is 9.59 Å². The minimum Gasteiger partial charge on any atom is -0.481 e. The second-order valence-electron chi connectivity index (χ2n) is 7.28. The van der Waals surface area contributed by atoms with Crippen LogP contribution in [0.3, 0.4) is 0 Å². The van der Waals surface area contributed by atoms with Gasteiger partial charge in [-0.25, -0.2) is 0 Å². The summed E-state index contributed by atoms with van der Waals surface area (Å²) in [6, 6.07) is 8.18. The summed E-state index contributed by atoms with van der Waals surface area (Å²) in [5.41, 5.74) is 2.10. The summed E-state index contributed by atoms with van der Waals surface area (Å²) in [4.78, 5) is 27.5. The minimum absolute atomic E-state index is 0.104. The zero-order valence-corrected chi connectivity index (χ0v) is 15.3. The number of nitrogens with one attached hydrogen (secondary N) is 1. The molecule has 0 aromatic heterocycles. The minimum atomic E-state index is -0.744. The smallest absolute Gasteiger partial charge is 0.303 e. The zero-order valence-electron chi connectivity index (χ0n) is 15.3. The number of nitrogens with zero attached hydrogens (tertiary/aromatic N) is 2. The van der Waals surface area contributed by atoms with E-state index < -0.39 is 5.97 Å². The lowest BCUT2D eigenvalue weighted by atomic mass is 9.90. The Bertz CT molecular complexity index is 603. The van der Waals surface area contributed by atoms with E-state index >= 15 is 0 Å². The van der Waals surface area contributed by atoms with Crippen LogP contribution in [-0.4, -0.2) is 72.6 Å². The Kier molecular flexibility index (Phi) is 6.63. The molecule has 26 heavy (non-hydrogen) atoms. The molecule has 1 aromatic carbocycles. The van der Waals surface area contributed by atoms with Crippen molar-refractivity contribution < 1.29 is 14.7 Å². The van der Waals surface area contributed by atoms with Crippen LogP contribution >= 0.6 is 0 Å². The fraction of sp³-hybridized carbons (Fsp3) is 0.600. The third-order valence-electron chi connectivity index (χ3n) is 5.49. The van der Waals surface area contributed by atoms with Gasteiger partial charge in [-0.15, -0.1) is 0 Å². The standard InChI is InChI=1S/C20H29N3O3/c24-19(25)2-1-11-22-12-14-23(15-13-22)20(26)18-5-3-16(4-6-18)17-7-9-21-10-8-17/h3-6,17,21H,1-2,7-15H2,(H,24,25). The van der Waals surface area contributed by atoms with Crippen LogP contribution in [0.2, 0.25) is 0 Å². The molecule has 1 aromatic rings. The van der Waals surface area contributed by atoms with Crippen LogP contribution in [0.4, 0.5) is 0 Å². The van der Waals surface area contributed by atoms with E-state index in [1.807, 2.05) is 17.0 Å². The summed E-state index contributed by atoms with van der Waals surface area (Å²) < 4.78 is 0. The van der Waals surface area contributed by atoms with Crippen molar-refractivity contribution in [1.82, 2.24) is 15.1 Å².